The molecule has 0 radical (unpaired) electrons. The lowest BCUT2D eigenvalue weighted by atomic mass is 9.85. The fourth-order valence-corrected chi connectivity index (χ4v) is 6.89. The van der Waals surface area contributed by atoms with Crippen molar-refractivity contribution in [2.75, 3.05) is 0 Å². The third-order valence-electron chi connectivity index (χ3n) is 9.17. The first-order valence-corrected chi connectivity index (χ1v) is 15.8. The van der Waals surface area contributed by atoms with Crippen molar-refractivity contribution >= 4 is 54.3 Å². The number of hydrogen-bond donors (Lipinski definition) is 0. The molecule has 9 aromatic carbocycles. The summed E-state index contributed by atoms with van der Waals surface area (Å²) in [7, 11) is 0. The average molecular weight is 636 g/mol. The normalized spacial score (nSPS) is 15.4. The van der Waals surface area contributed by atoms with Crippen LogP contribution in [0.5, 0.6) is 0 Å². The monoisotopic (exact) mass is 635 g/mol. The van der Waals surface area contributed by atoms with Gasteiger partial charge in [0.1, 0.15) is 11.2 Å². The van der Waals surface area contributed by atoms with Crippen LogP contribution >= 0.6 is 0 Å². The van der Waals surface area contributed by atoms with Crippen molar-refractivity contribution in [2.45, 2.75) is 0 Å². The van der Waals surface area contributed by atoms with Crippen LogP contribution in [0.1, 0.15) is 17.8 Å². The van der Waals surface area contributed by atoms with Gasteiger partial charge in [-0.2, -0.15) is 0 Å². The predicted octanol–water partition coefficient (Wildman–Crippen LogP) is 13.7. The van der Waals surface area contributed by atoms with Gasteiger partial charge >= 0.3 is 0 Å². The quantitative estimate of drug-likeness (QED) is 0.175. The third-order valence-corrected chi connectivity index (χ3v) is 9.17. The summed E-state index contributed by atoms with van der Waals surface area (Å²) in [6.45, 7) is 0. The van der Waals surface area contributed by atoms with Crippen LogP contribution in [0, 0.1) is 0 Å². The van der Waals surface area contributed by atoms with E-state index in [0.717, 1.165) is 55.0 Å². The van der Waals surface area contributed by atoms with Crippen molar-refractivity contribution in [3.63, 3.8) is 0 Å². The molecular formula is C48H30O. The number of fused-ring (bicyclic) bond motifs is 6. The SMILES string of the molecule is [2H]c1c([2H])c([2H])c(-c2c3c([2H])c([2H])c([2H])c([2H])c3c(-c3ccc4cc(-c5ccc6c(c5)oc5cc(-c7ccccc7)ccc56)ccc4c3)c3c([2H])c([2H])c([2H])c([2H])c23)c([2H])c1[2H]. The van der Waals surface area contributed by atoms with Crippen LogP contribution in [-0.4, -0.2) is 0 Å². The van der Waals surface area contributed by atoms with Gasteiger partial charge in [0, 0.05) is 10.8 Å². The second kappa shape index (κ2) is 11.1. The second-order valence-electron chi connectivity index (χ2n) is 11.9. The standard InChI is InChI=1S/C48H30O/c1-3-11-31(12-4-1)36-23-25-39-40-26-24-37(30-46(40)49-45(39)29-36)34-19-20-35-28-38(22-21-33(35)27-34)48-43-17-9-7-15-41(43)47(32-13-5-2-6-14-32)42-16-8-10-18-44(42)48/h1-30H/i2D,5D,6D,7D,8D,9D,10D,13D,14D,15D,16D,17D,18D. The molecule has 0 fully saturated rings. The van der Waals surface area contributed by atoms with Gasteiger partial charge in [-0.1, -0.05) is 145 Å². The molecule has 10 rings (SSSR count). The maximum Gasteiger partial charge on any atom is 0.136 e. The zero-order valence-electron chi connectivity index (χ0n) is 38.7. The molecule has 1 heteroatoms. The Bertz CT molecular complexity index is 3510. The molecule has 0 saturated heterocycles. The van der Waals surface area contributed by atoms with E-state index in [1.54, 1.807) is 12.1 Å². The highest BCUT2D eigenvalue weighted by atomic mass is 16.3. The van der Waals surface area contributed by atoms with E-state index in [-0.39, 0.29) is 32.7 Å². The first-order chi connectivity index (χ1) is 29.7. The molecule has 0 saturated carbocycles. The second-order valence-corrected chi connectivity index (χ2v) is 11.9. The Balaban J connectivity index is 1.20. The first-order valence-electron chi connectivity index (χ1n) is 22.3. The van der Waals surface area contributed by atoms with E-state index >= 15 is 0 Å². The molecule has 49 heavy (non-hydrogen) atoms. The molecule has 0 amide bonds. The van der Waals surface area contributed by atoms with Gasteiger partial charge in [0.15, 0.2) is 0 Å². The Morgan fingerprint density at radius 3 is 1.37 bits per heavy atom. The van der Waals surface area contributed by atoms with Crippen molar-refractivity contribution in [1.82, 2.24) is 0 Å². The molecule has 1 nitrogen and oxygen atoms in total. The van der Waals surface area contributed by atoms with Gasteiger partial charge in [-0.25, -0.2) is 0 Å². The zero-order chi connectivity index (χ0) is 43.6. The van der Waals surface area contributed by atoms with Gasteiger partial charge in [-0.15, -0.1) is 0 Å². The summed E-state index contributed by atoms with van der Waals surface area (Å²) >= 11 is 0. The maximum absolute atomic E-state index is 9.24. The van der Waals surface area contributed by atoms with E-state index in [1.165, 1.54) is 0 Å². The van der Waals surface area contributed by atoms with E-state index in [0.29, 0.717) is 5.56 Å². The molecule has 0 N–H and O–H groups in total. The topological polar surface area (TPSA) is 13.1 Å². The summed E-state index contributed by atoms with van der Waals surface area (Å²) in [5.74, 6) is 0. The number of hydrogen-bond acceptors (Lipinski definition) is 1. The van der Waals surface area contributed by atoms with Crippen molar-refractivity contribution < 1.29 is 22.2 Å². The van der Waals surface area contributed by atoms with Crippen LogP contribution in [0.15, 0.2) is 186 Å². The number of rotatable bonds is 4. The summed E-state index contributed by atoms with van der Waals surface area (Å²) in [5, 5.41) is 2.81. The zero-order valence-corrected chi connectivity index (χ0v) is 25.7. The molecule has 10 aromatic rings. The van der Waals surface area contributed by atoms with Gasteiger partial charge in [0.05, 0.1) is 17.8 Å². The number of benzene rings is 9. The van der Waals surface area contributed by atoms with Gasteiger partial charge < -0.3 is 4.42 Å². The van der Waals surface area contributed by atoms with Crippen molar-refractivity contribution in [1.29, 1.82) is 0 Å². The highest BCUT2D eigenvalue weighted by Gasteiger charge is 2.17. The minimum Gasteiger partial charge on any atom is -0.456 e. The van der Waals surface area contributed by atoms with Gasteiger partial charge in [0.25, 0.3) is 0 Å². The fraction of sp³-hybridized carbons (Fsp3) is 0. The molecule has 0 aliphatic heterocycles. The lowest BCUT2D eigenvalue weighted by molar-refractivity contribution is 0.669. The van der Waals surface area contributed by atoms with Gasteiger partial charge in [-0.3, -0.25) is 0 Å². The minimum atomic E-state index is -0.711. The highest BCUT2D eigenvalue weighted by molar-refractivity contribution is 6.21. The molecule has 0 aliphatic carbocycles. The Morgan fingerprint density at radius 1 is 0.327 bits per heavy atom. The van der Waals surface area contributed by atoms with E-state index in [1.807, 2.05) is 66.7 Å². The summed E-state index contributed by atoms with van der Waals surface area (Å²) < 4.78 is 121. The molecule has 1 heterocycles. The van der Waals surface area contributed by atoms with Gasteiger partial charge in [0.2, 0.25) is 0 Å². The molecule has 228 valence electrons. The molecule has 0 bridgehead atoms. The minimum absolute atomic E-state index is 0.0850. The summed E-state index contributed by atoms with van der Waals surface area (Å²) in [4.78, 5) is 0. The fourth-order valence-electron chi connectivity index (χ4n) is 6.89. The molecule has 0 unspecified atom stereocenters. The Hall–Kier alpha value is -6.44. The highest BCUT2D eigenvalue weighted by Crippen LogP contribution is 2.44. The lowest BCUT2D eigenvalue weighted by Crippen LogP contribution is -1.90. The van der Waals surface area contributed by atoms with E-state index < -0.39 is 84.1 Å². The lowest BCUT2D eigenvalue weighted by Gasteiger charge is -2.18. The maximum atomic E-state index is 9.24. The Morgan fingerprint density at radius 2 is 0.776 bits per heavy atom. The summed E-state index contributed by atoms with van der Waals surface area (Å²) in [6.07, 6.45) is 0. The average Bonchev–Trinajstić information content (AvgIpc) is 3.66. The van der Waals surface area contributed by atoms with Crippen LogP contribution in [0.25, 0.3) is 98.8 Å². The van der Waals surface area contributed by atoms with Crippen LogP contribution in [0.4, 0.5) is 0 Å². The van der Waals surface area contributed by atoms with E-state index in [2.05, 4.69) is 24.3 Å². The van der Waals surface area contributed by atoms with Crippen LogP contribution in [-0.2, 0) is 0 Å². The van der Waals surface area contributed by atoms with Crippen molar-refractivity contribution in [3.8, 4) is 44.5 Å². The predicted molar refractivity (Wildman–Crippen MR) is 208 cm³/mol. The molecule has 0 spiro atoms. The van der Waals surface area contributed by atoms with Crippen LogP contribution in [0.2, 0.25) is 0 Å². The largest absolute Gasteiger partial charge is 0.456 e. The Labute approximate surface area is 302 Å². The van der Waals surface area contributed by atoms with Crippen LogP contribution in [0.3, 0.4) is 0 Å². The summed E-state index contributed by atoms with van der Waals surface area (Å²) in [5.41, 5.74) is 5.18. The first kappa shape index (κ1) is 17.6. The third kappa shape index (κ3) is 4.55. The number of furan rings is 1. The molecule has 0 atom stereocenters. The smallest absolute Gasteiger partial charge is 0.136 e. The van der Waals surface area contributed by atoms with E-state index in [9.17, 15) is 5.48 Å². The summed E-state index contributed by atoms with van der Waals surface area (Å²) in [6, 6.07) is 25.3. The van der Waals surface area contributed by atoms with Crippen molar-refractivity contribution in [2.24, 2.45) is 0 Å². The van der Waals surface area contributed by atoms with Gasteiger partial charge in [-0.05, 0) is 113 Å². The molecular weight excluding hydrogens is 593 g/mol. The van der Waals surface area contributed by atoms with Crippen LogP contribution < -0.4 is 0 Å². The molecule has 0 aliphatic rings. The van der Waals surface area contributed by atoms with Crippen molar-refractivity contribution in [3.05, 3.63) is 182 Å². The van der Waals surface area contributed by atoms with E-state index in [4.69, 9.17) is 16.8 Å². The Kier molecular flexibility index (Phi) is 3.99. The molecule has 1 aromatic heterocycles.